The van der Waals surface area contributed by atoms with E-state index >= 15 is 0 Å². The van der Waals surface area contributed by atoms with Crippen LogP contribution in [-0.2, 0) is 17.8 Å². The molecule has 0 radical (unpaired) electrons. The van der Waals surface area contributed by atoms with E-state index in [1.807, 2.05) is 16.4 Å². The van der Waals surface area contributed by atoms with Gasteiger partial charge < -0.3 is 10.1 Å². The molecule has 0 spiro atoms. The standard InChI is InChI=1S/C11H21N5OS/c1-17-7-6-12-8-10-13-14-15-16(10)9-11(18-2)4-3-5-11/h12H,3-9H2,1-2H3. The van der Waals surface area contributed by atoms with Crippen molar-refractivity contribution >= 4 is 11.8 Å². The fourth-order valence-corrected chi connectivity index (χ4v) is 3.07. The van der Waals surface area contributed by atoms with E-state index < -0.39 is 0 Å². The van der Waals surface area contributed by atoms with Crippen LogP contribution in [0.1, 0.15) is 25.1 Å². The first kappa shape index (κ1) is 13.8. The summed E-state index contributed by atoms with van der Waals surface area (Å²) >= 11 is 1.94. The number of aromatic nitrogens is 4. The Hall–Kier alpha value is -0.660. The van der Waals surface area contributed by atoms with Gasteiger partial charge in [-0.2, -0.15) is 11.8 Å². The average Bonchev–Trinajstić information content (AvgIpc) is 2.77. The highest BCUT2D eigenvalue weighted by molar-refractivity contribution is 8.00. The molecule has 0 aliphatic heterocycles. The summed E-state index contributed by atoms with van der Waals surface area (Å²) in [5, 5.41) is 15.2. The molecule has 1 aromatic heterocycles. The van der Waals surface area contributed by atoms with Crippen molar-refractivity contribution in [3.05, 3.63) is 5.82 Å². The Morgan fingerprint density at radius 1 is 1.50 bits per heavy atom. The quantitative estimate of drug-likeness (QED) is 0.702. The first-order chi connectivity index (χ1) is 8.79. The first-order valence-electron chi connectivity index (χ1n) is 6.29. The molecule has 1 aliphatic rings. The van der Waals surface area contributed by atoms with Crippen molar-refractivity contribution in [3.63, 3.8) is 0 Å². The van der Waals surface area contributed by atoms with Crippen molar-refractivity contribution in [1.82, 2.24) is 25.5 Å². The molecule has 0 unspecified atom stereocenters. The fourth-order valence-electron chi connectivity index (χ4n) is 2.12. The highest BCUT2D eigenvalue weighted by Crippen LogP contribution is 2.43. The van der Waals surface area contributed by atoms with Crippen molar-refractivity contribution in [3.8, 4) is 0 Å². The van der Waals surface area contributed by atoms with Crippen molar-refractivity contribution in [1.29, 1.82) is 0 Å². The molecule has 7 heteroatoms. The molecule has 0 saturated heterocycles. The Bertz CT molecular complexity index is 361. The van der Waals surface area contributed by atoms with Crippen LogP contribution in [0.5, 0.6) is 0 Å². The van der Waals surface area contributed by atoms with E-state index in [4.69, 9.17) is 4.74 Å². The molecule has 102 valence electrons. The summed E-state index contributed by atoms with van der Waals surface area (Å²) in [5.41, 5.74) is 0. The molecule has 1 N–H and O–H groups in total. The number of tetrazole rings is 1. The summed E-state index contributed by atoms with van der Waals surface area (Å²) in [6, 6.07) is 0. The second-order valence-corrected chi connectivity index (χ2v) is 5.94. The molecular formula is C11H21N5OS. The third-order valence-corrected chi connectivity index (χ3v) is 4.91. The topological polar surface area (TPSA) is 64.9 Å². The van der Waals surface area contributed by atoms with Crippen molar-refractivity contribution in [2.24, 2.45) is 0 Å². The Balaban J connectivity index is 1.87. The number of hydrogen-bond donors (Lipinski definition) is 1. The Morgan fingerprint density at radius 3 is 2.94 bits per heavy atom. The second-order valence-electron chi connectivity index (χ2n) is 4.66. The lowest BCUT2D eigenvalue weighted by atomic mass is 9.84. The average molecular weight is 271 g/mol. The highest BCUT2D eigenvalue weighted by Gasteiger charge is 2.37. The summed E-state index contributed by atoms with van der Waals surface area (Å²) in [4.78, 5) is 0. The summed E-state index contributed by atoms with van der Waals surface area (Å²) in [7, 11) is 1.70. The van der Waals surface area contributed by atoms with Gasteiger partial charge in [0.05, 0.1) is 19.7 Å². The monoisotopic (exact) mass is 271 g/mol. The minimum atomic E-state index is 0.358. The molecule has 18 heavy (non-hydrogen) atoms. The summed E-state index contributed by atoms with van der Waals surface area (Å²) in [5.74, 6) is 0.909. The van der Waals surface area contributed by atoms with E-state index in [2.05, 4.69) is 27.1 Å². The number of nitrogens with one attached hydrogen (secondary N) is 1. The first-order valence-corrected chi connectivity index (χ1v) is 7.52. The maximum atomic E-state index is 4.99. The van der Waals surface area contributed by atoms with Crippen LogP contribution in [0.4, 0.5) is 0 Å². The molecule has 1 heterocycles. The van der Waals surface area contributed by atoms with Gasteiger partial charge in [-0.05, 0) is 29.5 Å². The van der Waals surface area contributed by atoms with Gasteiger partial charge in [-0.3, -0.25) is 0 Å². The molecular weight excluding hydrogens is 250 g/mol. The number of thioether (sulfide) groups is 1. The lowest BCUT2D eigenvalue weighted by molar-refractivity contribution is 0.198. The zero-order valence-electron chi connectivity index (χ0n) is 11.1. The minimum Gasteiger partial charge on any atom is -0.383 e. The van der Waals surface area contributed by atoms with Gasteiger partial charge in [0.2, 0.25) is 0 Å². The fraction of sp³-hybridized carbons (Fsp3) is 0.909. The molecule has 1 saturated carbocycles. The van der Waals surface area contributed by atoms with Crippen molar-refractivity contribution < 1.29 is 4.74 Å². The van der Waals surface area contributed by atoms with Gasteiger partial charge in [0.15, 0.2) is 5.82 Å². The van der Waals surface area contributed by atoms with E-state index in [1.54, 1.807) is 7.11 Å². The third-order valence-electron chi connectivity index (χ3n) is 3.51. The van der Waals surface area contributed by atoms with Crippen LogP contribution in [0.2, 0.25) is 0 Å². The van der Waals surface area contributed by atoms with E-state index in [-0.39, 0.29) is 0 Å². The molecule has 1 fully saturated rings. The predicted octanol–water partition coefficient (Wildman–Crippen LogP) is 0.695. The summed E-state index contributed by atoms with van der Waals surface area (Å²) < 4.78 is 7.29. The van der Waals surface area contributed by atoms with Crippen LogP contribution in [0.3, 0.4) is 0 Å². The molecule has 6 nitrogen and oxygen atoms in total. The van der Waals surface area contributed by atoms with Crippen LogP contribution in [0.25, 0.3) is 0 Å². The van der Waals surface area contributed by atoms with Crippen LogP contribution < -0.4 is 5.32 Å². The number of hydrogen-bond acceptors (Lipinski definition) is 6. The zero-order valence-corrected chi connectivity index (χ0v) is 11.9. The molecule has 1 aliphatic carbocycles. The molecule has 0 amide bonds. The third kappa shape index (κ3) is 3.21. The van der Waals surface area contributed by atoms with Crippen molar-refractivity contribution in [2.75, 3.05) is 26.5 Å². The Labute approximate surface area is 112 Å². The predicted molar refractivity (Wildman–Crippen MR) is 71.5 cm³/mol. The van der Waals surface area contributed by atoms with Crippen LogP contribution in [0.15, 0.2) is 0 Å². The summed E-state index contributed by atoms with van der Waals surface area (Å²) in [6.45, 7) is 3.14. The van der Waals surface area contributed by atoms with E-state index in [9.17, 15) is 0 Å². The van der Waals surface area contributed by atoms with Gasteiger partial charge in [-0.25, -0.2) is 4.68 Å². The number of nitrogens with zero attached hydrogens (tertiary/aromatic N) is 4. The maximum Gasteiger partial charge on any atom is 0.165 e. The SMILES string of the molecule is COCCNCc1nnnn1CC1(SC)CCC1. The van der Waals surface area contributed by atoms with Gasteiger partial charge in [-0.1, -0.05) is 6.42 Å². The lowest BCUT2D eigenvalue weighted by Gasteiger charge is -2.40. The Kier molecular flexibility index (Phi) is 4.96. The van der Waals surface area contributed by atoms with Gasteiger partial charge >= 0.3 is 0 Å². The second kappa shape index (κ2) is 6.49. The molecule has 0 aromatic carbocycles. The van der Waals surface area contributed by atoms with Crippen LogP contribution in [-0.4, -0.2) is 51.5 Å². The van der Waals surface area contributed by atoms with Crippen LogP contribution in [0, 0.1) is 0 Å². The molecule has 1 aromatic rings. The minimum absolute atomic E-state index is 0.358. The molecule has 0 atom stereocenters. The molecule has 0 bridgehead atoms. The lowest BCUT2D eigenvalue weighted by Crippen LogP contribution is -2.39. The highest BCUT2D eigenvalue weighted by atomic mass is 32.2. The van der Waals surface area contributed by atoms with E-state index in [1.165, 1.54) is 19.3 Å². The van der Waals surface area contributed by atoms with Gasteiger partial charge in [0.1, 0.15) is 0 Å². The van der Waals surface area contributed by atoms with E-state index in [0.29, 0.717) is 17.9 Å². The zero-order chi connectivity index (χ0) is 12.8. The van der Waals surface area contributed by atoms with Crippen LogP contribution >= 0.6 is 11.8 Å². The largest absolute Gasteiger partial charge is 0.383 e. The number of ether oxygens (including phenoxy) is 1. The smallest absolute Gasteiger partial charge is 0.165 e. The molecule has 2 rings (SSSR count). The maximum absolute atomic E-state index is 4.99. The Morgan fingerprint density at radius 2 is 2.33 bits per heavy atom. The summed E-state index contributed by atoms with van der Waals surface area (Å²) in [6.07, 6.45) is 6.04. The number of rotatable bonds is 8. The van der Waals surface area contributed by atoms with E-state index in [0.717, 1.165) is 18.9 Å². The van der Waals surface area contributed by atoms with Gasteiger partial charge in [-0.15, -0.1) is 5.10 Å². The van der Waals surface area contributed by atoms with Gasteiger partial charge in [0.25, 0.3) is 0 Å². The number of methoxy groups -OCH3 is 1. The van der Waals surface area contributed by atoms with Gasteiger partial charge in [0, 0.05) is 18.4 Å². The van der Waals surface area contributed by atoms with Crippen molar-refractivity contribution in [2.45, 2.75) is 37.1 Å². The normalized spacial score (nSPS) is 17.7.